The Morgan fingerprint density at radius 1 is 1.27 bits per heavy atom. The molecule has 0 spiro atoms. The zero-order valence-corrected chi connectivity index (χ0v) is 16.2. The highest BCUT2D eigenvalue weighted by Gasteiger charge is 2.28. The second-order valence-corrected chi connectivity index (χ2v) is 6.59. The number of halogens is 2. The van der Waals surface area contributed by atoms with Crippen LogP contribution < -0.4 is 21.9 Å². The van der Waals surface area contributed by atoms with Crippen LogP contribution in [-0.2, 0) is 13.1 Å². The number of rotatable bonds is 7. The predicted octanol–water partition coefficient (Wildman–Crippen LogP) is 2.64. The van der Waals surface area contributed by atoms with Crippen molar-refractivity contribution in [2.75, 3.05) is 10.6 Å². The fourth-order valence-corrected chi connectivity index (χ4v) is 2.99. The van der Waals surface area contributed by atoms with Gasteiger partial charge in [-0.2, -0.15) is 0 Å². The van der Waals surface area contributed by atoms with E-state index in [1.807, 2.05) is 6.92 Å². The summed E-state index contributed by atoms with van der Waals surface area (Å²) in [4.78, 5) is 40.9. The van der Waals surface area contributed by atoms with E-state index in [0.29, 0.717) is 6.42 Å². The molecule has 2 heterocycles. The van der Waals surface area contributed by atoms with Crippen LogP contribution in [0.4, 0.5) is 20.3 Å². The molecule has 0 aliphatic carbocycles. The lowest BCUT2D eigenvalue weighted by Gasteiger charge is -2.24. The number of anilines is 2. The topological polar surface area (TPSA) is 114 Å². The molecule has 8 nitrogen and oxygen atoms in total. The van der Waals surface area contributed by atoms with Gasteiger partial charge in [-0.25, -0.2) is 13.6 Å². The minimum absolute atomic E-state index is 0.210. The summed E-state index contributed by atoms with van der Waals surface area (Å²) in [6.07, 6.45) is 2.71. The first-order valence-corrected chi connectivity index (χ1v) is 9.25. The highest BCUT2D eigenvalue weighted by molar-refractivity contribution is 6.07. The number of benzene rings is 1. The average molecular weight is 418 g/mol. The summed E-state index contributed by atoms with van der Waals surface area (Å²) in [5.74, 6) is -2.80. The normalized spacial score (nSPS) is 10.9. The second-order valence-electron chi connectivity index (χ2n) is 6.59. The minimum atomic E-state index is -1.01. The molecule has 158 valence electrons. The van der Waals surface area contributed by atoms with Gasteiger partial charge in [0.15, 0.2) is 5.69 Å². The minimum Gasteiger partial charge on any atom is -0.467 e. The van der Waals surface area contributed by atoms with Crippen LogP contribution in [0.5, 0.6) is 0 Å². The van der Waals surface area contributed by atoms with Gasteiger partial charge in [-0.1, -0.05) is 13.3 Å². The fourth-order valence-electron chi connectivity index (χ4n) is 2.99. The number of hydrogen-bond acceptors (Lipinski definition) is 5. The summed E-state index contributed by atoms with van der Waals surface area (Å²) in [6.45, 7) is 1.83. The van der Waals surface area contributed by atoms with Crippen LogP contribution in [0, 0.1) is 11.6 Å². The maximum Gasteiger partial charge on any atom is 0.330 e. The van der Waals surface area contributed by atoms with Gasteiger partial charge in [-0.15, -0.1) is 0 Å². The van der Waals surface area contributed by atoms with Gasteiger partial charge in [-0.3, -0.25) is 24.0 Å². The molecule has 2 aromatic heterocycles. The lowest BCUT2D eigenvalue weighted by molar-refractivity contribution is 0.0978. The van der Waals surface area contributed by atoms with Crippen LogP contribution in [0.3, 0.4) is 0 Å². The average Bonchev–Trinajstić information content (AvgIpc) is 3.21. The molecule has 0 radical (unpaired) electrons. The van der Waals surface area contributed by atoms with E-state index in [1.54, 1.807) is 12.1 Å². The Balaban J connectivity index is 2.18. The standard InChI is InChI=1S/C20H20F2N4O4/c1-2-3-8-25-17(23)16(18(27)24-20(25)29)26(11-13-5-4-9-30-13)19(28)14-10-12(21)6-7-15(14)22/h4-7,9-10H,2-3,8,11,23H2,1H3,(H,24,27,29). The van der Waals surface area contributed by atoms with Crippen molar-refractivity contribution in [2.45, 2.75) is 32.9 Å². The molecule has 0 aliphatic rings. The number of unbranched alkanes of at least 4 members (excludes halogenated alkanes) is 1. The third kappa shape index (κ3) is 4.17. The van der Waals surface area contributed by atoms with Crippen molar-refractivity contribution < 1.29 is 18.0 Å². The summed E-state index contributed by atoms with van der Waals surface area (Å²) in [7, 11) is 0. The van der Waals surface area contributed by atoms with Gasteiger partial charge in [0, 0.05) is 6.54 Å². The van der Waals surface area contributed by atoms with Gasteiger partial charge in [0.1, 0.15) is 23.2 Å². The molecule has 10 heteroatoms. The van der Waals surface area contributed by atoms with E-state index >= 15 is 0 Å². The molecule has 0 aliphatic heterocycles. The third-order valence-corrected chi connectivity index (χ3v) is 4.52. The summed E-state index contributed by atoms with van der Waals surface area (Å²) in [5.41, 5.74) is 3.49. The first-order valence-electron chi connectivity index (χ1n) is 9.25. The zero-order chi connectivity index (χ0) is 21.8. The molecular weight excluding hydrogens is 398 g/mol. The fraction of sp³-hybridized carbons (Fsp3) is 0.250. The van der Waals surface area contributed by atoms with Gasteiger partial charge < -0.3 is 10.2 Å². The van der Waals surface area contributed by atoms with Gasteiger partial charge >= 0.3 is 5.69 Å². The summed E-state index contributed by atoms with van der Waals surface area (Å²) in [6, 6.07) is 5.51. The first-order chi connectivity index (χ1) is 14.3. The van der Waals surface area contributed by atoms with Crippen LogP contribution in [-0.4, -0.2) is 15.5 Å². The molecule has 0 fully saturated rings. The number of nitrogen functional groups attached to an aromatic ring is 1. The number of H-pyrrole nitrogens is 1. The maximum absolute atomic E-state index is 14.3. The summed E-state index contributed by atoms with van der Waals surface area (Å²) >= 11 is 0. The Morgan fingerprint density at radius 2 is 2.03 bits per heavy atom. The van der Waals surface area contributed by atoms with E-state index in [2.05, 4.69) is 4.98 Å². The number of carbonyl (C=O) groups excluding carboxylic acids is 1. The number of aromatic nitrogens is 2. The first kappa shape index (κ1) is 21.0. The second kappa shape index (κ2) is 8.76. The molecule has 3 N–H and O–H groups in total. The van der Waals surface area contributed by atoms with Crippen molar-refractivity contribution in [1.82, 2.24) is 9.55 Å². The number of furan rings is 1. The van der Waals surface area contributed by atoms with Crippen LogP contribution in [0.25, 0.3) is 0 Å². The Kier molecular flexibility index (Phi) is 6.14. The van der Waals surface area contributed by atoms with Crippen LogP contribution >= 0.6 is 0 Å². The third-order valence-electron chi connectivity index (χ3n) is 4.52. The van der Waals surface area contributed by atoms with Crippen molar-refractivity contribution >= 4 is 17.4 Å². The van der Waals surface area contributed by atoms with Gasteiger partial charge in [0.25, 0.3) is 11.5 Å². The van der Waals surface area contributed by atoms with Crippen molar-refractivity contribution in [3.63, 3.8) is 0 Å². The number of hydrogen-bond donors (Lipinski definition) is 2. The van der Waals surface area contributed by atoms with E-state index in [4.69, 9.17) is 10.2 Å². The maximum atomic E-state index is 14.3. The monoisotopic (exact) mass is 418 g/mol. The number of nitrogens with zero attached hydrogens (tertiary/aromatic N) is 2. The summed E-state index contributed by atoms with van der Waals surface area (Å²) < 4.78 is 34.3. The van der Waals surface area contributed by atoms with Crippen LogP contribution in [0.15, 0.2) is 50.6 Å². The van der Waals surface area contributed by atoms with Crippen LogP contribution in [0.1, 0.15) is 35.9 Å². The lowest BCUT2D eigenvalue weighted by atomic mass is 10.1. The van der Waals surface area contributed by atoms with E-state index in [0.717, 1.165) is 34.1 Å². The van der Waals surface area contributed by atoms with Crippen LogP contribution in [0.2, 0.25) is 0 Å². The van der Waals surface area contributed by atoms with E-state index < -0.39 is 34.4 Å². The van der Waals surface area contributed by atoms with E-state index in [9.17, 15) is 23.2 Å². The molecule has 0 saturated carbocycles. The van der Waals surface area contributed by atoms with Crippen molar-refractivity contribution in [2.24, 2.45) is 0 Å². The zero-order valence-electron chi connectivity index (χ0n) is 16.2. The lowest BCUT2D eigenvalue weighted by Crippen LogP contribution is -2.41. The Hall–Kier alpha value is -3.69. The molecule has 0 saturated heterocycles. The molecule has 3 rings (SSSR count). The number of amides is 1. The molecule has 1 amide bonds. The SMILES string of the molecule is CCCCn1c(N)c(N(Cc2ccco2)C(=O)c2cc(F)ccc2F)c(=O)[nH]c1=O. The molecular formula is C20H20F2N4O4. The Morgan fingerprint density at radius 3 is 2.70 bits per heavy atom. The molecule has 0 unspecified atom stereocenters. The Bertz CT molecular complexity index is 1170. The highest BCUT2D eigenvalue weighted by Crippen LogP contribution is 2.24. The predicted molar refractivity (Wildman–Crippen MR) is 106 cm³/mol. The van der Waals surface area contributed by atoms with Gasteiger partial charge in [0.05, 0.1) is 18.4 Å². The highest BCUT2D eigenvalue weighted by atomic mass is 19.1. The van der Waals surface area contributed by atoms with Gasteiger partial charge in [0.2, 0.25) is 0 Å². The summed E-state index contributed by atoms with van der Waals surface area (Å²) in [5, 5.41) is 0. The number of nitrogens with one attached hydrogen (secondary N) is 1. The molecule has 1 aromatic carbocycles. The molecule has 0 atom stereocenters. The van der Waals surface area contributed by atoms with Crippen molar-refractivity contribution in [3.05, 3.63) is 80.4 Å². The Labute approximate surface area is 169 Å². The van der Waals surface area contributed by atoms with Crippen molar-refractivity contribution in [1.29, 1.82) is 0 Å². The smallest absolute Gasteiger partial charge is 0.330 e. The number of aromatic amines is 1. The quantitative estimate of drug-likeness (QED) is 0.612. The van der Waals surface area contributed by atoms with E-state index in [1.165, 1.54) is 6.26 Å². The van der Waals surface area contributed by atoms with Crippen molar-refractivity contribution in [3.8, 4) is 0 Å². The molecule has 30 heavy (non-hydrogen) atoms. The largest absolute Gasteiger partial charge is 0.467 e. The number of nitrogens with two attached hydrogens (primary N) is 1. The number of carbonyl (C=O) groups is 1. The van der Waals surface area contributed by atoms with E-state index in [-0.39, 0.29) is 30.4 Å². The molecule has 0 bridgehead atoms. The van der Waals surface area contributed by atoms with Gasteiger partial charge in [-0.05, 0) is 36.8 Å². The molecule has 3 aromatic rings.